The highest BCUT2D eigenvalue weighted by Gasteiger charge is 2.11. The van der Waals surface area contributed by atoms with E-state index in [2.05, 4.69) is 22.7 Å². The van der Waals surface area contributed by atoms with E-state index in [1.165, 1.54) is 4.70 Å². The zero-order valence-electron chi connectivity index (χ0n) is 12.3. The van der Waals surface area contributed by atoms with E-state index in [-0.39, 0.29) is 0 Å². The van der Waals surface area contributed by atoms with E-state index in [1.54, 1.807) is 24.7 Å². The molecule has 0 saturated carbocycles. The van der Waals surface area contributed by atoms with E-state index >= 15 is 0 Å². The summed E-state index contributed by atoms with van der Waals surface area (Å²) in [6, 6.07) is 14.2. The fourth-order valence-electron chi connectivity index (χ4n) is 2.87. The lowest BCUT2D eigenvalue weighted by atomic mass is 10.1. The zero-order chi connectivity index (χ0) is 15.4. The Morgan fingerprint density at radius 1 is 1.13 bits per heavy atom. The van der Waals surface area contributed by atoms with Gasteiger partial charge in [0.1, 0.15) is 11.3 Å². The van der Waals surface area contributed by atoms with Crippen molar-refractivity contribution in [2.24, 2.45) is 0 Å². The largest absolute Gasteiger partial charge is 0.497 e. The van der Waals surface area contributed by atoms with Gasteiger partial charge in [0, 0.05) is 17.1 Å². The minimum Gasteiger partial charge on any atom is -0.497 e. The van der Waals surface area contributed by atoms with Crippen molar-refractivity contribution < 1.29 is 9.15 Å². The Morgan fingerprint density at radius 2 is 2.09 bits per heavy atom. The summed E-state index contributed by atoms with van der Waals surface area (Å²) in [6.45, 7) is 0. The molecule has 0 aliphatic rings. The van der Waals surface area contributed by atoms with E-state index in [0.717, 1.165) is 38.5 Å². The summed E-state index contributed by atoms with van der Waals surface area (Å²) in [5.74, 6) is 0.868. The van der Waals surface area contributed by atoms with Gasteiger partial charge in [-0.3, -0.25) is 4.40 Å². The maximum Gasteiger partial charge on any atom is 0.195 e. The monoisotopic (exact) mass is 320 g/mol. The lowest BCUT2D eigenvalue weighted by Crippen LogP contribution is -1.82. The smallest absolute Gasteiger partial charge is 0.195 e. The summed E-state index contributed by atoms with van der Waals surface area (Å²) in [5.41, 5.74) is 4.11. The number of hydrogen-bond acceptors (Lipinski definition) is 4. The first kappa shape index (κ1) is 12.7. The van der Waals surface area contributed by atoms with E-state index in [4.69, 9.17) is 14.1 Å². The zero-order valence-corrected chi connectivity index (χ0v) is 13.1. The van der Waals surface area contributed by atoms with Crippen LogP contribution in [0.15, 0.2) is 59.3 Å². The Morgan fingerprint density at radius 3 is 3.00 bits per heavy atom. The number of methoxy groups -OCH3 is 1. The van der Waals surface area contributed by atoms with Crippen molar-refractivity contribution in [2.75, 3.05) is 7.11 Å². The molecule has 0 saturated heterocycles. The molecular weight excluding hydrogens is 308 g/mol. The lowest BCUT2D eigenvalue weighted by molar-refractivity contribution is 0.415. The molecule has 0 bridgehead atoms. The molecule has 0 fully saturated rings. The second kappa shape index (κ2) is 4.60. The second-order valence-electron chi connectivity index (χ2n) is 5.39. The van der Waals surface area contributed by atoms with Gasteiger partial charge in [-0.25, -0.2) is 4.98 Å². The van der Waals surface area contributed by atoms with E-state index in [9.17, 15) is 0 Å². The molecule has 0 aliphatic heterocycles. The number of fused-ring (bicyclic) bond motifs is 4. The van der Waals surface area contributed by atoms with Gasteiger partial charge in [-0.1, -0.05) is 11.3 Å². The first-order valence-corrected chi connectivity index (χ1v) is 8.07. The summed E-state index contributed by atoms with van der Waals surface area (Å²) in [7, 11) is 1.68. The number of furan rings is 1. The van der Waals surface area contributed by atoms with E-state index < -0.39 is 0 Å². The molecule has 23 heavy (non-hydrogen) atoms. The summed E-state index contributed by atoms with van der Waals surface area (Å²) < 4.78 is 14.0. The van der Waals surface area contributed by atoms with Crippen LogP contribution in [-0.4, -0.2) is 16.5 Å². The van der Waals surface area contributed by atoms with Crippen LogP contribution in [0, 0.1) is 0 Å². The number of nitrogens with zero attached hydrogens (tertiary/aromatic N) is 2. The van der Waals surface area contributed by atoms with Crippen molar-refractivity contribution in [3.8, 4) is 17.0 Å². The molecule has 0 amide bonds. The van der Waals surface area contributed by atoms with Crippen LogP contribution in [0.25, 0.3) is 37.4 Å². The first-order valence-electron chi connectivity index (χ1n) is 7.25. The van der Waals surface area contributed by atoms with Crippen molar-refractivity contribution in [1.82, 2.24) is 9.38 Å². The van der Waals surface area contributed by atoms with Gasteiger partial charge in [0.15, 0.2) is 4.96 Å². The number of hydrogen-bond donors (Lipinski definition) is 0. The van der Waals surface area contributed by atoms with Crippen LogP contribution in [-0.2, 0) is 0 Å². The lowest BCUT2D eigenvalue weighted by Gasteiger charge is -1.98. The van der Waals surface area contributed by atoms with Crippen molar-refractivity contribution >= 4 is 37.5 Å². The van der Waals surface area contributed by atoms with E-state index in [0.29, 0.717) is 0 Å². The minimum atomic E-state index is 0.868. The summed E-state index contributed by atoms with van der Waals surface area (Å²) in [4.78, 5) is 5.76. The molecule has 5 rings (SSSR count). The van der Waals surface area contributed by atoms with Gasteiger partial charge < -0.3 is 9.15 Å². The SMILES string of the molecule is COc1ccc2c(c1)sc1nc(-c3ccc4occc4c3)cn12. The average Bonchev–Trinajstić information content (AvgIpc) is 3.26. The summed E-state index contributed by atoms with van der Waals surface area (Å²) in [5, 5.41) is 1.09. The molecule has 0 atom stereocenters. The fraction of sp³-hybridized carbons (Fsp3) is 0.0556. The average molecular weight is 320 g/mol. The number of rotatable bonds is 2. The van der Waals surface area contributed by atoms with Gasteiger partial charge in [0.2, 0.25) is 0 Å². The third-order valence-corrected chi connectivity index (χ3v) is 5.07. The molecule has 0 aliphatic carbocycles. The normalized spacial score (nSPS) is 11.7. The highest BCUT2D eigenvalue weighted by molar-refractivity contribution is 7.23. The second-order valence-corrected chi connectivity index (χ2v) is 6.40. The predicted molar refractivity (Wildman–Crippen MR) is 92.3 cm³/mol. The molecule has 5 aromatic rings. The third kappa shape index (κ3) is 1.87. The van der Waals surface area contributed by atoms with Gasteiger partial charge in [-0.05, 0) is 42.5 Å². The molecular formula is C18H12N2O2S. The van der Waals surface area contributed by atoms with Gasteiger partial charge >= 0.3 is 0 Å². The first-order chi connectivity index (χ1) is 11.3. The van der Waals surface area contributed by atoms with Gasteiger partial charge in [-0.2, -0.15) is 0 Å². The number of benzene rings is 2. The number of ether oxygens (including phenoxy) is 1. The number of aromatic nitrogens is 2. The topological polar surface area (TPSA) is 39.7 Å². The van der Waals surface area contributed by atoms with Gasteiger partial charge in [0.25, 0.3) is 0 Å². The molecule has 0 N–H and O–H groups in total. The molecule has 0 unspecified atom stereocenters. The molecule has 0 radical (unpaired) electrons. The van der Waals surface area contributed by atoms with Crippen molar-refractivity contribution in [2.45, 2.75) is 0 Å². The molecule has 3 aromatic heterocycles. The van der Waals surface area contributed by atoms with Gasteiger partial charge in [0.05, 0.1) is 29.3 Å². The Labute approximate surface area is 135 Å². The van der Waals surface area contributed by atoms with Crippen LogP contribution in [0.5, 0.6) is 5.75 Å². The standard InChI is InChI=1S/C18H12N2O2S/c1-21-13-3-4-15-17(9-13)23-18-19-14(10-20(15)18)11-2-5-16-12(8-11)6-7-22-16/h2-10H,1H3. The Kier molecular flexibility index (Phi) is 2.55. The summed E-state index contributed by atoms with van der Waals surface area (Å²) in [6.07, 6.45) is 3.79. The van der Waals surface area contributed by atoms with Crippen LogP contribution < -0.4 is 4.74 Å². The highest BCUT2D eigenvalue weighted by Crippen LogP contribution is 2.32. The van der Waals surface area contributed by atoms with Crippen molar-refractivity contribution in [3.63, 3.8) is 0 Å². The maximum absolute atomic E-state index is 5.40. The molecule has 2 aromatic carbocycles. The van der Waals surface area contributed by atoms with Crippen molar-refractivity contribution in [1.29, 1.82) is 0 Å². The maximum atomic E-state index is 5.40. The number of thiazole rings is 1. The molecule has 5 heteroatoms. The van der Waals surface area contributed by atoms with Crippen LogP contribution in [0.1, 0.15) is 0 Å². The Balaban J connectivity index is 1.70. The third-order valence-electron chi connectivity index (χ3n) is 4.05. The van der Waals surface area contributed by atoms with Gasteiger partial charge in [-0.15, -0.1) is 0 Å². The van der Waals surface area contributed by atoms with Crippen LogP contribution in [0.2, 0.25) is 0 Å². The van der Waals surface area contributed by atoms with Crippen LogP contribution in [0.3, 0.4) is 0 Å². The fourth-order valence-corrected chi connectivity index (χ4v) is 3.91. The van der Waals surface area contributed by atoms with Crippen molar-refractivity contribution in [3.05, 3.63) is 54.9 Å². The molecule has 4 nitrogen and oxygen atoms in total. The molecule has 3 heterocycles. The molecule has 0 spiro atoms. The molecule has 112 valence electrons. The number of imidazole rings is 1. The van der Waals surface area contributed by atoms with Crippen LogP contribution in [0.4, 0.5) is 0 Å². The Hall–Kier alpha value is -2.79. The minimum absolute atomic E-state index is 0.868. The van der Waals surface area contributed by atoms with Crippen LogP contribution >= 0.6 is 11.3 Å². The Bertz CT molecular complexity index is 1170. The quantitative estimate of drug-likeness (QED) is 0.461. The predicted octanol–water partition coefficient (Wildman–Crippen LogP) is 4.97. The summed E-state index contributed by atoms with van der Waals surface area (Å²) >= 11 is 1.67. The van der Waals surface area contributed by atoms with E-state index in [1.807, 2.05) is 30.3 Å². The highest BCUT2D eigenvalue weighted by atomic mass is 32.1.